The van der Waals surface area contributed by atoms with E-state index < -0.39 is 62.0 Å². The van der Waals surface area contributed by atoms with Crippen molar-refractivity contribution in [3.63, 3.8) is 0 Å². The second-order valence-corrected chi connectivity index (χ2v) is 26.6. The molecule has 0 aromatic carbocycles. The molecule has 1 fully saturated rings. The molecule has 0 bridgehead atoms. The van der Waals surface area contributed by atoms with E-state index in [9.17, 15) is 18.0 Å². The molecule has 2 aliphatic heterocycles. The molecule has 40 heavy (non-hydrogen) atoms. The second-order valence-electron chi connectivity index (χ2n) is 13.8. The Bertz CT molecular complexity index is 1440. The topological polar surface area (TPSA) is 141 Å². The van der Waals surface area contributed by atoms with Crippen LogP contribution in [0.15, 0.2) is 24.4 Å². The van der Waals surface area contributed by atoms with Gasteiger partial charge in [-0.3, -0.25) is 13.9 Å². The van der Waals surface area contributed by atoms with Gasteiger partial charge in [0.1, 0.15) is 12.2 Å². The van der Waals surface area contributed by atoms with Gasteiger partial charge in [-0.25, -0.2) is 8.98 Å². The van der Waals surface area contributed by atoms with Crippen LogP contribution < -0.4 is 17.0 Å². The molecule has 1 aromatic rings. The average Bonchev–Trinajstić information content (AvgIpc) is 3.17. The van der Waals surface area contributed by atoms with E-state index in [1.807, 2.05) is 33.9 Å². The number of nitrogens with two attached hydrogens (primary N) is 1. The Hall–Kier alpha value is -0.826. The van der Waals surface area contributed by atoms with Crippen LogP contribution in [0.2, 0.25) is 36.3 Å². The van der Waals surface area contributed by atoms with Crippen LogP contribution in [0.3, 0.4) is 0 Å². The lowest BCUT2D eigenvalue weighted by molar-refractivity contribution is -0.0566. The van der Waals surface area contributed by atoms with Crippen molar-refractivity contribution in [2.24, 2.45) is 12.8 Å². The predicted molar refractivity (Wildman–Crippen MR) is 168 cm³/mol. The Morgan fingerprint density at radius 3 is 2.05 bits per heavy atom. The molecule has 3 rings (SSSR count). The normalized spacial score (nSPS) is 27.7. The quantitative estimate of drug-likeness (QED) is 0.263. The maximum atomic E-state index is 13.4. The van der Waals surface area contributed by atoms with Gasteiger partial charge in [0.2, 0.25) is 0 Å². The van der Waals surface area contributed by atoms with Gasteiger partial charge in [-0.15, -0.1) is 0 Å². The molecular weight excluding hydrogens is 685 g/mol. The van der Waals surface area contributed by atoms with Crippen LogP contribution >= 0.6 is 22.6 Å². The van der Waals surface area contributed by atoms with Crippen molar-refractivity contribution < 1.29 is 26.2 Å². The highest BCUT2D eigenvalue weighted by Gasteiger charge is 2.69. The van der Waals surface area contributed by atoms with Crippen LogP contribution in [-0.4, -0.2) is 58.6 Å². The van der Waals surface area contributed by atoms with Crippen LogP contribution in [-0.2, 0) is 34.9 Å². The van der Waals surface area contributed by atoms with E-state index in [0.29, 0.717) is 5.56 Å². The summed E-state index contributed by atoms with van der Waals surface area (Å²) in [5.41, 5.74) is 4.02. The molecule has 15 heteroatoms. The highest BCUT2D eigenvalue weighted by Crippen LogP contribution is 2.54. The van der Waals surface area contributed by atoms with Gasteiger partial charge in [-0.2, -0.15) is 8.42 Å². The van der Waals surface area contributed by atoms with E-state index in [1.165, 1.54) is 17.8 Å². The number of nitrogens with zero attached hydrogens (tertiary/aromatic N) is 2. The van der Waals surface area contributed by atoms with Crippen molar-refractivity contribution >= 4 is 49.3 Å². The molecule has 1 aromatic heterocycles. The van der Waals surface area contributed by atoms with Gasteiger partial charge in [-0.05, 0) is 65.8 Å². The Morgan fingerprint density at radius 2 is 1.60 bits per heavy atom. The summed E-state index contributed by atoms with van der Waals surface area (Å²) < 4.78 is 54.4. The summed E-state index contributed by atoms with van der Waals surface area (Å²) >= 11 is 1.67. The summed E-state index contributed by atoms with van der Waals surface area (Å²) in [5, 5.41) is -0.429. The first kappa shape index (κ1) is 33.7. The first-order valence-corrected chi connectivity index (χ1v) is 21.5. The molecule has 0 amide bonds. The Labute approximate surface area is 252 Å². The summed E-state index contributed by atoms with van der Waals surface area (Å²) in [4.78, 5) is 26.0. The van der Waals surface area contributed by atoms with Gasteiger partial charge < -0.3 is 19.3 Å². The molecule has 2 N–H and O–H groups in total. The van der Waals surface area contributed by atoms with Crippen LogP contribution in [0.25, 0.3) is 0 Å². The fourth-order valence-electron chi connectivity index (χ4n) is 4.26. The summed E-state index contributed by atoms with van der Waals surface area (Å²) in [6, 6.07) is 0. The molecule has 4 unspecified atom stereocenters. The minimum Gasteiger partial charge on any atom is -0.414 e. The maximum absolute atomic E-state index is 13.4. The van der Waals surface area contributed by atoms with Crippen molar-refractivity contribution in [1.82, 2.24) is 9.13 Å². The first-order chi connectivity index (χ1) is 17.8. The largest absolute Gasteiger partial charge is 0.414 e. The van der Waals surface area contributed by atoms with Gasteiger partial charge in [0, 0.05) is 18.8 Å². The Balaban J connectivity index is 2.32. The molecule has 0 aliphatic carbocycles. The number of aryl methyl sites for hydroxylation is 1. The standard InChI is InChI=1S/C25H44IN3O8SSi2/c1-15-13-29(22(31)28(8)20(15)30)21-18(36-40(11,12)24(5,6)7)25(17(27)19(26)38(32,33)37-25)16(35-21)14-34-39(9,10)23(2,3)4/h13,16,18,21H,14,27H2,1-12H3. The van der Waals surface area contributed by atoms with Crippen molar-refractivity contribution in [3.8, 4) is 0 Å². The zero-order valence-electron chi connectivity index (χ0n) is 25.5. The average molecular weight is 730 g/mol. The Kier molecular flexibility index (Phi) is 8.77. The number of rotatable bonds is 6. The number of hydrogen-bond donors (Lipinski definition) is 1. The molecule has 11 nitrogen and oxygen atoms in total. The van der Waals surface area contributed by atoms with E-state index in [0.717, 1.165) is 4.57 Å². The van der Waals surface area contributed by atoms with E-state index in [2.05, 4.69) is 33.9 Å². The third kappa shape index (κ3) is 5.48. The summed E-state index contributed by atoms with van der Waals surface area (Å²) in [6.07, 6.45) is -1.92. The second kappa shape index (κ2) is 10.4. The minimum atomic E-state index is -4.23. The van der Waals surface area contributed by atoms with Crippen molar-refractivity contribution in [2.45, 2.75) is 109 Å². The predicted octanol–water partition coefficient (Wildman–Crippen LogP) is 3.83. The SMILES string of the molecule is Cc1cn(C2OC(CO[Si](C)(C)C(C)(C)C)C3(OS(=O)(=O)C(I)=C3N)C2O[Si](C)(C)C(C)(C)C)c(=O)n(C)c1=O. The molecule has 228 valence electrons. The minimum absolute atomic E-state index is 0.0377. The smallest absolute Gasteiger partial charge is 0.332 e. The molecule has 1 spiro atoms. The monoisotopic (exact) mass is 729 g/mol. The third-order valence-electron chi connectivity index (χ3n) is 8.95. The first-order valence-electron chi connectivity index (χ1n) is 13.2. The maximum Gasteiger partial charge on any atom is 0.332 e. The van der Waals surface area contributed by atoms with Gasteiger partial charge >= 0.3 is 15.8 Å². The highest BCUT2D eigenvalue weighted by molar-refractivity contribution is 14.1. The van der Waals surface area contributed by atoms with Crippen LogP contribution in [0.5, 0.6) is 0 Å². The lowest BCUT2D eigenvalue weighted by atomic mass is 9.89. The molecule has 3 heterocycles. The van der Waals surface area contributed by atoms with Crippen molar-refractivity contribution in [1.29, 1.82) is 0 Å². The van der Waals surface area contributed by atoms with Crippen molar-refractivity contribution in [3.05, 3.63) is 41.2 Å². The number of aromatic nitrogens is 2. The third-order valence-corrected chi connectivity index (χ3v) is 21.3. The van der Waals surface area contributed by atoms with E-state index in [1.54, 1.807) is 29.5 Å². The van der Waals surface area contributed by atoms with Gasteiger partial charge in [0.25, 0.3) is 5.56 Å². The van der Waals surface area contributed by atoms with Crippen LogP contribution in [0.4, 0.5) is 0 Å². The molecular formula is C25H44IN3O8SSi2. The van der Waals surface area contributed by atoms with Gasteiger partial charge in [0.05, 0.1) is 12.3 Å². The fraction of sp³-hybridized carbons (Fsp3) is 0.760. The van der Waals surface area contributed by atoms with Gasteiger partial charge in [0.15, 0.2) is 31.4 Å². The highest BCUT2D eigenvalue weighted by atomic mass is 127. The van der Waals surface area contributed by atoms with Crippen LogP contribution in [0.1, 0.15) is 53.3 Å². The number of hydrogen-bond acceptors (Lipinski definition) is 9. The molecule has 4 atom stereocenters. The Morgan fingerprint density at radius 1 is 1.07 bits per heavy atom. The zero-order chi connectivity index (χ0) is 31.0. The number of ether oxygens (including phenoxy) is 1. The lowest BCUT2D eigenvalue weighted by Gasteiger charge is -2.43. The van der Waals surface area contributed by atoms with E-state index in [4.69, 9.17) is 23.5 Å². The zero-order valence-corrected chi connectivity index (χ0v) is 30.5. The molecule has 1 saturated heterocycles. The van der Waals surface area contributed by atoms with E-state index in [-0.39, 0.29) is 25.3 Å². The summed E-state index contributed by atoms with van der Waals surface area (Å²) in [5.74, 6) is 0. The van der Waals surface area contributed by atoms with Crippen LogP contribution in [0, 0.1) is 6.92 Å². The summed E-state index contributed by atoms with van der Waals surface area (Å²) in [7, 11) is -7.85. The lowest BCUT2D eigenvalue weighted by Crippen LogP contribution is -2.59. The van der Waals surface area contributed by atoms with E-state index >= 15 is 0 Å². The fourth-order valence-corrected chi connectivity index (χ4v) is 8.38. The molecule has 0 saturated carbocycles. The van der Waals surface area contributed by atoms with Crippen molar-refractivity contribution in [2.75, 3.05) is 6.61 Å². The molecule has 2 aliphatic rings. The summed E-state index contributed by atoms with van der Waals surface area (Å²) in [6.45, 7) is 22.2. The molecule has 0 radical (unpaired) electrons. The van der Waals surface area contributed by atoms with Gasteiger partial charge in [-0.1, -0.05) is 41.5 Å². The number of halogens is 1.